The molecule has 26 heavy (non-hydrogen) atoms. The zero-order valence-electron chi connectivity index (χ0n) is 17.8. The van der Waals surface area contributed by atoms with Gasteiger partial charge in [-0.25, -0.2) is 0 Å². The van der Waals surface area contributed by atoms with Crippen LogP contribution in [0.15, 0.2) is 17.1 Å². The maximum absolute atomic E-state index is 6.77. The van der Waals surface area contributed by atoms with Gasteiger partial charge in [0.15, 0.2) is 5.79 Å². The number of aliphatic imine (C=N–C) groups is 1. The molecule has 1 rings (SSSR count). The van der Waals surface area contributed by atoms with Crippen molar-refractivity contribution in [3.63, 3.8) is 0 Å². The Morgan fingerprint density at radius 1 is 0.962 bits per heavy atom. The van der Waals surface area contributed by atoms with Gasteiger partial charge in [0.2, 0.25) is 0 Å². The predicted octanol–water partition coefficient (Wildman–Crippen LogP) is 5.15. The van der Waals surface area contributed by atoms with Crippen molar-refractivity contribution in [2.75, 3.05) is 26.2 Å². The Bertz CT molecular complexity index is 390. The summed E-state index contributed by atoms with van der Waals surface area (Å²) in [6.45, 7) is 10.3. The molecule has 152 valence electrons. The van der Waals surface area contributed by atoms with Gasteiger partial charge in [-0.1, -0.05) is 84.6 Å². The number of nitrogens with two attached hydrogens (primary N) is 1. The first kappa shape index (κ1) is 23.2. The molecule has 1 unspecified atom stereocenters. The van der Waals surface area contributed by atoms with E-state index in [0.29, 0.717) is 0 Å². The van der Waals surface area contributed by atoms with E-state index in [9.17, 15) is 0 Å². The van der Waals surface area contributed by atoms with E-state index in [0.717, 1.165) is 32.6 Å². The molecule has 0 amide bonds. The Balaban J connectivity index is 2.22. The normalized spacial score (nSPS) is 16.9. The van der Waals surface area contributed by atoms with Crippen molar-refractivity contribution >= 4 is 6.34 Å². The number of hydrogen-bond acceptors (Lipinski definition) is 4. The van der Waals surface area contributed by atoms with E-state index in [4.69, 9.17) is 5.73 Å². The highest BCUT2D eigenvalue weighted by Gasteiger charge is 2.34. The highest BCUT2D eigenvalue weighted by atomic mass is 15.5. The second-order valence-electron chi connectivity index (χ2n) is 7.54. The fourth-order valence-corrected chi connectivity index (χ4v) is 3.77. The SMILES string of the molecule is CCCCCCCCCCCC/C=C/C(N)(N1C=NCC1)N(CC)CC. The summed E-state index contributed by atoms with van der Waals surface area (Å²) < 4.78 is 0. The molecule has 4 heteroatoms. The minimum Gasteiger partial charge on any atom is -0.327 e. The van der Waals surface area contributed by atoms with Gasteiger partial charge in [0.05, 0.1) is 12.9 Å². The van der Waals surface area contributed by atoms with Crippen LogP contribution in [0.5, 0.6) is 0 Å². The fraction of sp³-hybridized carbons (Fsp3) is 0.864. The molecule has 1 aliphatic heterocycles. The summed E-state index contributed by atoms with van der Waals surface area (Å²) in [7, 11) is 0. The standard InChI is InChI=1S/C22H44N4/c1-4-7-8-9-10-11-12-13-14-15-16-17-18-22(23,25(5-2)6-3)26-20-19-24-21-26/h17-18,21H,4-16,19-20,23H2,1-3H3/b18-17+. The van der Waals surface area contributed by atoms with Crippen LogP contribution in [0.4, 0.5) is 0 Å². The van der Waals surface area contributed by atoms with Crippen molar-refractivity contribution in [3.8, 4) is 0 Å². The molecule has 0 radical (unpaired) electrons. The van der Waals surface area contributed by atoms with Crippen LogP contribution in [0.25, 0.3) is 0 Å². The van der Waals surface area contributed by atoms with E-state index in [1.807, 2.05) is 6.34 Å². The maximum atomic E-state index is 6.77. The summed E-state index contributed by atoms with van der Waals surface area (Å²) in [5.41, 5.74) is 6.77. The van der Waals surface area contributed by atoms with Crippen molar-refractivity contribution in [2.24, 2.45) is 10.7 Å². The zero-order chi connectivity index (χ0) is 19.1. The lowest BCUT2D eigenvalue weighted by atomic mass is 10.1. The Kier molecular flexibility index (Phi) is 12.7. The van der Waals surface area contributed by atoms with Gasteiger partial charge in [0.1, 0.15) is 0 Å². The molecule has 1 aliphatic rings. The minimum atomic E-state index is -0.526. The molecule has 0 bridgehead atoms. The molecular formula is C22H44N4. The Morgan fingerprint density at radius 3 is 2.04 bits per heavy atom. The lowest BCUT2D eigenvalue weighted by molar-refractivity contribution is 0.0443. The molecule has 4 nitrogen and oxygen atoms in total. The van der Waals surface area contributed by atoms with Crippen LogP contribution in [0.1, 0.15) is 91.4 Å². The molecule has 0 spiro atoms. The Labute approximate surface area is 162 Å². The summed E-state index contributed by atoms with van der Waals surface area (Å²) in [5.74, 6) is -0.526. The number of unbranched alkanes of at least 4 members (excludes halogenated alkanes) is 10. The van der Waals surface area contributed by atoms with E-state index >= 15 is 0 Å². The van der Waals surface area contributed by atoms with E-state index < -0.39 is 5.79 Å². The third kappa shape index (κ3) is 8.22. The largest absolute Gasteiger partial charge is 0.327 e. The Morgan fingerprint density at radius 2 is 1.54 bits per heavy atom. The van der Waals surface area contributed by atoms with E-state index in [2.05, 4.69) is 47.7 Å². The van der Waals surface area contributed by atoms with Crippen molar-refractivity contribution in [3.05, 3.63) is 12.2 Å². The summed E-state index contributed by atoms with van der Waals surface area (Å²) in [5, 5.41) is 0. The van der Waals surface area contributed by atoms with E-state index in [-0.39, 0.29) is 0 Å². The molecule has 2 N–H and O–H groups in total. The molecule has 0 aliphatic carbocycles. The Hall–Kier alpha value is -0.870. The molecule has 0 aromatic heterocycles. The molecule has 0 fully saturated rings. The molecule has 1 heterocycles. The lowest BCUT2D eigenvalue weighted by Crippen LogP contribution is -2.64. The van der Waals surface area contributed by atoms with Crippen LogP contribution in [-0.2, 0) is 0 Å². The number of likely N-dealkylation sites (N-methyl/N-ethyl adjacent to an activating group) is 1. The third-order valence-electron chi connectivity index (χ3n) is 5.51. The molecule has 0 aromatic rings. The first-order chi connectivity index (χ1) is 12.7. The number of rotatable bonds is 16. The van der Waals surface area contributed by atoms with Crippen molar-refractivity contribution < 1.29 is 0 Å². The fourth-order valence-electron chi connectivity index (χ4n) is 3.77. The second-order valence-corrected chi connectivity index (χ2v) is 7.54. The highest BCUT2D eigenvalue weighted by Crippen LogP contribution is 2.18. The zero-order valence-corrected chi connectivity index (χ0v) is 17.8. The molecule has 0 saturated heterocycles. The summed E-state index contributed by atoms with van der Waals surface area (Å²) in [4.78, 5) is 8.83. The first-order valence-electron chi connectivity index (χ1n) is 11.2. The third-order valence-corrected chi connectivity index (χ3v) is 5.51. The van der Waals surface area contributed by atoms with E-state index in [1.165, 1.54) is 64.2 Å². The van der Waals surface area contributed by atoms with Crippen LogP contribution in [0, 0.1) is 0 Å². The van der Waals surface area contributed by atoms with Crippen LogP contribution < -0.4 is 5.73 Å². The van der Waals surface area contributed by atoms with Crippen molar-refractivity contribution in [1.29, 1.82) is 0 Å². The molecular weight excluding hydrogens is 320 g/mol. The van der Waals surface area contributed by atoms with Crippen LogP contribution in [0.3, 0.4) is 0 Å². The van der Waals surface area contributed by atoms with E-state index in [1.54, 1.807) is 0 Å². The van der Waals surface area contributed by atoms with Gasteiger partial charge < -0.3 is 4.90 Å². The van der Waals surface area contributed by atoms with Gasteiger partial charge >= 0.3 is 0 Å². The van der Waals surface area contributed by atoms with Crippen LogP contribution in [-0.4, -0.2) is 48.1 Å². The van der Waals surface area contributed by atoms with Gasteiger partial charge in [-0.05, 0) is 32.0 Å². The number of hydrogen-bond donors (Lipinski definition) is 1. The first-order valence-corrected chi connectivity index (χ1v) is 11.2. The highest BCUT2D eigenvalue weighted by molar-refractivity contribution is 5.59. The van der Waals surface area contributed by atoms with Crippen molar-refractivity contribution in [1.82, 2.24) is 9.80 Å². The maximum Gasteiger partial charge on any atom is 0.167 e. The molecule has 0 saturated carbocycles. The number of nitrogens with zero attached hydrogens (tertiary/aromatic N) is 3. The lowest BCUT2D eigenvalue weighted by Gasteiger charge is -2.43. The predicted molar refractivity (Wildman–Crippen MR) is 116 cm³/mol. The summed E-state index contributed by atoms with van der Waals surface area (Å²) in [6.07, 6.45) is 21.4. The van der Waals surface area contributed by atoms with Crippen molar-refractivity contribution in [2.45, 2.75) is 97.2 Å². The second kappa shape index (κ2) is 14.2. The van der Waals surface area contributed by atoms with Gasteiger partial charge in [-0.15, -0.1) is 0 Å². The van der Waals surface area contributed by atoms with Gasteiger partial charge in [-0.2, -0.15) is 0 Å². The molecule has 1 atom stereocenters. The molecule has 0 aromatic carbocycles. The van der Waals surface area contributed by atoms with Gasteiger partial charge in [0, 0.05) is 6.54 Å². The smallest absolute Gasteiger partial charge is 0.167 e. The topological polar surface area (TPSA) is 44.9 Å². The van der Waals surface area contributed by atoms with Crippen LogP contribution in [0.2, 0.25) is 0 Å². The summed E-state index contributed by atoms with van der Waals surface area (Å²) >= 11 is 0. The average Bonchev–Trinajstić information content (AvgIpc) is 3.19. The van der Waals surface area contributed by atoms with Gasteiger partial charge in [0.25, 0.3) is 0 Å². The average molecular weight is 365 g/mol. The number of allylic oxidation sites excluding steroid dienone is 1. The minimum absolute atomic E-state index is 0.526. The summed E-state index contributed by atoms with van der Waals surface area (Å²) in [6, 6.07) is 0. The quantitative estimate of drug-likeness (QED) is 0.234. The van der Waals surface area contributed by atoms with Crippen LogP contribution >= 0.6 is 0 Å². The monoisotopic (exact) mass is 364 g/mol. The van der Waals surface area contributed by atoms with Gasteiger partial charge in [-0.3, -0.25) is 15.6 Å².